The molecule has 94 valence electrons. The summed E-state index contributed by atoms with van der Waals surface area (Å²) in [6, 6.07) is 4.37. The van der Waals surface area contributed by atoms with E-state index < -0.39 is 11.6 Å². The van der Waals surface area contributed by atoms with Gasteiger partial charge in [0.25, 0.3) is 0 Å². The zero-order chi connectivity index (χ0) is 13.1. The van der Waals surface area contributed by atoms with Gasteiger partial charge in [0.1, 0.15) is 0 Å². The third-order valence-corrected chi connectivity index (χ3v) is 2.44. The summed E-state index contributed by atoms with van der Waals surface area (Å²) in [6.45, 7) is 0.406. The van der Waals surface area contributed by atoms with Crippen LogP contribution in [0.4, 0.5) is 20.4 Å². The summed E-state index contributed by atoms with van der Waals surface area (Å²) in [6.07, 6.45) is 3.32. The van der Waals surface area contributed by atoms with Crippen molar-refractivity contribution in [3.8, 4) is 0 Å². The quantitative estimate of drug-likeness (QED) is 0.904. The Morgan fingerprint density at radius 2 is 2.11 bits per heavy atom. The summed E-state index contributed by atoms with van der Waals surface area (Å²) in [5.41, 5.74) is 6.22. The van der Waals surface area contributed by atoms with E-state index in [1.807, 2.05) is 6.07 Å². The minimum Gasteiger partial charge on any atom is -0.381 e. The number of hydrogen-bond donors (Lipinski definition) is 1. The Morgan fingerprint density at radius 1 is 1.33 bits per heavy atom. The minimum absolute atomic E-state index is 0.0118. The Morgan fingerprint density at radius 3 is 2.78 bits per heavy atom. The van der Waals surface area contributed by atoms with Gasteiger partial charge in [-0.1, -0.05) is 6.07 Å². The molecule has 4 nitrogen and oxygen atoms in total. The first-order valence-corrected chi connectivity index (χ1v) is 5.29. The minimum atomic E-state index is -0.856. The average molecular weight is 250 g/mol. The summed E-state index contributed by atoms with van der Waals surface area (Å²) in [4.78, 5) is 9.21. The third-order valence-electron chi connectivity index (χ3n) is 2.44. The molecule has 0 fully saturated rings. The van der Waals surface area contributed by atoms with E-state index in [1.54, 1.807) is 30.4 Å². The Labute approximate surface area is 103 Å². The van der Waals surface area contributed by atoms with Crippen molar-refractivity contribution in [3.05, 3.63) is 47.8 Å². The fraction of sp³-hybridized carbons (Fsp3) is 0.167. The molecule has 0 aliphatic carbocycles. The number of nitrogen functional groups attached to an aromatic ring is 1. The number of hydrogen-bond acceptors (Lipinski definition) is 4. The fourth-order valence-corrected chi connectivity index (χ4v) is 1.58. The molecule has 6 heteroatoms. The van der Waals surface area contributed by atoms with Crippen LogP contribution in [-0.2, 0) is 6.54 Å². The van der Waals surface area contributed by atoms with Crippen molar-refractivity contribution in [1.29, 1.82) is 0 Å². The summed E-state index contributed by atoms with van der Waals surface area (Å²) in [5, 5.41) is 0. The highest BCUT2D eigenvalue weighted by Crippen LogP contribution is 2.20. The number of aromatic nitrogens is 2. The molecule has 18 heavy (non-hydrogen) atoms. The number of anilines is 2. The van der Waals surface area contributed by atoms with Crippen molar-refractivity contribution in [2.45, 2.75) is 6.54 Å². The predicted octanol–water partition coefficient (Wildman–Crippen LogP) is 1.97. The molecule has 0 bridgehead atoms. The van der Waals surface area contributed by atoms with Gasteiger partial charge in [0.05, 0.1) is 0 Å². The van der Waals surface area contributed by atoms with Gasteiger partial charge in [-0.05, 0) is 11.6 Å². The van der Waals surface area contributed by atoms with Crippen molar-refractivity contribution < 1.29 is 8.78 Å². The Bertz CT molecular complexity index is 545. The number of nitrogens with two attached hydrogens (primary N) is 1. The highest BCUT2D eigenvalue weighted by atomic mass is 19.1. The largest absolute Gasteiger partial charge is 0.381 e. The second-order valence-corrected chi connectivity index (χ2v) is 3.88. The van der Waals surface area contributed by atoms with Crippen LogP contribution in [0.2, 0.25) is 0 Å². The molecule has 2 heterocycles. The van der Waals surface area contributed by atoms with Crippen molar-refractivity contribution in [2.24, 2.45) is 0 Å². The summed E-state index contributed by atoms with van der Waals surface area (Å²) < 4.78 is 26.6. The summed E-state index contributed by atoms with van der Waals surface area (Å²) >= 11 is 0. The normalized spacial score (nSPS) is 10.4. The van der Waals surface area contributed by atoms with Crippen molar-refractivity contribution in [1.82, 2.24) is 9.97 Å². The number of halogens is 2. The van der Waals surface area contributed by atoms with Gasteiger partial charge in [0, 0.05) is 32.1 Å². The molecule has 0 saturated heterocycles. The van der Waals surface area contributed by atoms with Gasteiger partial charge in [0.15, 0.2) is 23.3 Å². The van der Waals surface area contributed by atoms with Crippen molar-refractivity contribution in [2.75, 3.05) is 17.7 Å². The first-order chi connectivity index (χ1) is 8.58. The monoisotopic (exact) mass is 250 g/mol. The van der Waals surface area contributed by atoms with Crippen LogP contribution in [0.5, 0.6) is 0 Å². The molecular weight excluding hydrogens is 238 g/mol. The average Bonchev–Trinajstić information content (AvgIpc) is 2.35. The first kappa shape index (κ1) is 12.2. The second kappa shape index (κ2) is 4.95. The van der Waals surface area contributed by atoms with Crippen LogP contribution in [0.3, 0.4) is 0 Å². The fourth-order valence-electron chi connectivity index (χ4n) is 1.58. The van der Waals surface area contributed by atoms with Crippen LogP contribution in [0, 0.1) is 11.6 Å². The second-order valence-electron chi connectivity index (χ2n) is 3.88. The maximum Gasteiger partial charge on any atom is 0.168 e. The Hall–Kier alpha value is -2.24. The van der Waals surface area contributed by atoms with Crippen LogP contribution in [0.1, 0.15) is 5.56 Å². The number of pyridine rings is 2. The molecule has 2 aromatic rings. The molecule has 0 aromatic carbocycles. The van der Waals surface area contributed by atoms with Crippen molar-refractivity contribution in [3.63, 3.8) is 0 Å². The lowest BCUT2D eigenvalue weighted by atomic mass is 10.2. The van der Waals surface area contributed by atoms with Crippen molar-refractivity contribution >= 4 is 11.6 Å². The lowest BCUT2D eigenvalue weighted by Gasteiger charge is -2.19. The molecule has 0 amide bonds. The molecule has 0 aliphatic rings. The highest BCUT2D eigenvalue weighted by Gasteiger charge is 2.13. The maximum absolute atomic E-state index is 13.6. The van der Waals surface area contributed by atoms with Gasteiger partial charge in [-0.15, -0.1) is 0 Å². The Balaban J connectivity index is 2.24. The molecular formula is C12H12F2N4. The van der Waals surface area contributed by atoms with Gasteiger partial charge in [0.2, 0.25) is 0 Å². The van der Waals surface area contributed by atoms with E-state index in [2.05, 4.69) is 9.97 Å². The van der Waals surface area contributed by atoms with E-state index in [0.29, 0.717) is 6.54 Å². The zero-order valence-electron chi connectivity index (χ0n) is 9.77. The molecule has 0 saturated carbocycles. The van der Waals surface area contributed by atoms with E-state index in [1.165, 1.54) is 0 Å². The lowest BCUT2D eigenvalue weighted by molar-refractivity contribution is 0.574. The van der Waals surface area contributed by atoms with Gasteiger partial charge in [-0.2, -0.15) is 0 Å². The summed E-state index contributed by atoms with van der Waals surface area (Å²) in [5.74, 6) is -1.90. The molecule has 2 rings (SSSR count). The lowest BCUT2D eigenvalue weighted by Crippen LogP contribution is -2.20. The molecule has 0 spiro atoms. The van der Waals surface area contributed by atoms with Crippen LogP contribution in [-0.4, -0.2) is 17.0 Å². The molecule has 0 aliphatic heterocycles. The maximum atomic E-state index is 13.6. The zero-order valence-corrected chi connectivity index (χ0v) is 9.77. The Kier molecular flexibility index (Phi) is 3.36. The van der Waals surface area contributed by atoms with E-state index in [4.69, 9.17) is 5.73 Å². The number of rotatable bonds is 3. The summed E-state index contributed by atoms with van der Waals surface area (Å²) in [7, 11) is 1.65. The van der Waals surface area contributed by atoms with Crippen LogP contribution < -0.4 is 10.6 Å². The van der Waals surface area contributed by atoms with Gasteiger partial charge >= 0.3 is 0 Å². The smallest absolute Gasteiger partial charge is 0.168 e. The third kappa shape index (κ3) is 2.53. The van der Waals surface area contributed by atoms with E-state index in [9.17, 15) is 8.78 Å². The molecule has 2 N–H and O–H groups in total. The van der Waals surface area contributed by atoms with E-state index >= 15 is 0 Å². The van der Waals surface area contributed by atoms with Gasteiger partial charge in [-0.25, -0.2) is 13.8 Å². The topological polar surface area (TPSA) is 55.0 Å². The number of nitrogens with zero attached hydrogens (tertiary/aromatic N) is 3. The van der Waals surface area contributed by atoms with E-state index in [0.717, 1.165) is 11.6 Å². The molecule has 2 aromatic heterocycles. The standard InChI is InChI=1S/C12H12F2N4/c1-18(7-8-3-2-4-16-6-8)12-10(14)5-9(13)11(15)17-12/h2-6H,7H2,1H3,(H2,15,17). The molecule has 0 radical (unpaired) electrons. The van der Waals surface area contributed by atoms with Gasteiger partial charge in [-0.3, -0.25) is 4.98 Å². The van der Waals surface area contributed by atoms with Crippen LogP contribution >= 0.6 is 0 Å². The predicted molar refractivity (Wildman–Crippen MR) is 64.9 cm³/mol. The van der Waals surface area contributed by atoms with E-state index in [-0.39, 0.29) is 11.6 Å². The van der Waals surface area contributed by atoms with Crippen LogP contribution in [0.25, 0.3) is 0 Å². The molecule has 0 unspecified atom stereocenters. The van der Waals surface area contributed by atoms with Crippen LogP contribution in [0.15, 0.2) is 30.6 Å². The first-order valence-electron chi connectivity index (χ1n) is 5.29. The van der Waals surface area contributed by atoms with Gasteiger partial charge < -0.3 is 10.6 Å². The highest BCUT2D eigenvalue weighted by molar-refractivity contribution is 5.46. The SMILES string of the molecule is CN(Cc1cccnc1)c1nc(N)c(F)cc1F. The molecule has 0 atom stereocenters.